The van der Waals surface area contributed by atoms with E-state index in [1.165, 1.54) is 0 Å². The number of ether oxygens (including phenoxy) is 1. The molecule has 0 fully saturated rings. The number of hydrogen-bond donors (Lipinski definition) is 0. The Balaban J connectivity index is 0. The molecule has 0 spiro atoms. The predicted octanol–water partition coefficient (Wildman–Crippen LogP) is -0.0373. The molecule has 0 aliphatic heterocycles. The molecule has 6 heavy (non-hydrogen) atoms. The summed E-state index contributed by atoms with van der Waals surface area (Å²) in [5.74, 6) is 0. The second-order valence-electron chi connectivity index (χ2n) is 0.285. The molecule has 0 saturated heterocycles. The van der Waals surface area contributed by atoms with Crippen LogP contribution in [0.4, 0.5) is 0 Å². The second-order valence-corrected chi connectivity index (χ2v) is 0.285. The van der Waals surface area contributed by atoms with Crippen molar-refractivity contribution < 1.29 is 21.8 Å². The quantitative estimate of drug-likeness (QED) is 0.336. The standard InChI is InChI=1S/C2N2O.Fe/c3-1-5-2-4;. The summed E-state index contributed by atoms with van der Waals surface area (Å²) >= 11 is 0. The normalized spacial score (nSPS) is 3.00. The van der Waals surface area contributed by atoms with Gasteiger partial charge in [0, 0.05) is 17.1 Å². The van der Waals surface area contributed by atoms with Crippen molar-refractivity contribution in [2.24, 2.45) is 0 Å². The van der Waals surface area contributed by atoms with Crippen molar-refractivity contribution in [1.82, 2.24) is 0 Å². The fourth-order valence-corrected chi connectivity index (χ4v) is 0.0204. The van der Waals surface area contributed by atoms with Crippen LogP contribution in [0.2, 0.25) is 0 Å². The zero-order valence-electron chi connectivity index (χ0n) is 2.66. The maximum atomic E-state index is 7.37. The van der Waals surface area contributed by atoms with Gasteiger partial charge in [-0.05, 0) is 0 Å². The molecule has 32 valence electrons. The van der Waals surface area contributed by atoms with Gasteiger partial charge in [0.25, 0.3) is 0 Å². The molecule has 0 aromatic rings. The molecular weight excluding hydrogens is 124 g/mol. The van der Waals surface area contributed by atoms with Gasteiger partial charge in [0.05, 0.1) is 0 Å². The van der Waals surface area contributed by atoms with E-state index in [9.17, 15) is 0 Å². The third-order valence-electron chi connectivity index (χ3n) is 0.0913. The van der Waals surface area contributed by atoms with E-state index in [1.807, 2.05) is 0 Å². The van der Waals surface area contributed by atoms with Gasteiger partial charge in [-0.2, -0.15) is 0 Å². The molecule has 0 bridgehead atoms. The van der Waals surface area contributed by atoms with Gasteiger partial charge >= 0.3 is 12.5 Å². The molecule has 0 aliphatic rings. The molecule has 4 heteroatoms. The first-order chi connectivity index (χ1) is 2.41. The molecule has 0 aromatic carbocycles. The van der Waals surface area contributed by atoms with Crippen LogP contribution in [0.15, 0.2) is 0 Å². The molecule has 0 amide bonds. The van der Waals surface area contributed by atoms with Crippen molar-refractivity contribution in [3.05, 3.63) is 0 Å². The van der Waals surface area contributed by atoms with E-state index in [-0.39, 0.29) is 17.1 Å². The molecule has 0 saturated carbocycles. The van der Waals surface area contributed by atoms with Gasteiger partial charge in [-0.3, -0.25) is 0 Å². The Hall–Kier alpha value is -0.701. The Labute approximate surface area is 45.6 Å². The van der Waals surface area contributed by atoms with Crippen LogP contribution in [0, 0.1) is 23.0 Å². The molecule has 0 aromatic heterocycles. The summed E-state index contributed by atoms with van der Waals surface area (Å²) in [6.45, 7) is 0. The van der Waals surface area contributed by atoms with Crippen LogP contribution in [-0.4, -0.2) is 0 Å². The van der Waals surface area contributed by atoms with Gasteiger partial charge in [0.15, 0.2) is 0 Å². The van der Waals surface area contributed by atoms with Crippen LogP contribution in [-0.2, 0) is 21.8 Å². The molecule has 0 rings (SSSR count). The van der Waals surface area contributed by atoms with Gasteiger partial charge in [-0.15, -0.1) is 10.5 Å². The largest absolute Gasteiger partial charge is 0.308 e. The Morgan fingerprint density at radius 1 is 1.17 bits per heavy atom. The average molecular weight is 124 g/mol. The number of rotatable bonds is 0. The Bertz CT molecular complexity index is 76.7. The van der Waals surface area contributed by atoms with E-state index in [4.69, 9.17) is 10.5 Å². The maximum absolute atomic E-state index is 7.37. The van der Waals surface area contributed by atoms with Crippen molar-refractivity contribution >= 4 is 0 Å². The first-order valence-electron chi connectivity index (χ1n) is 0.855. The van der Waals surface area contributed by atoms with Crippen LogP contribution >= 0.6 is 0 Å². The summed E-state index contributed by atoms with van der Waals surface area (Å²) in [4.78, 5) is 0. The SMILES string of the molecule is N#COC#N.[Fe]. The predicted molar refractivity (Wildman–Crippen MR) is 12.3 cm³/mol. The maximum Gasteiger partial charge on any atom is 0.303 e. The Morgan fingerprint density at radius 2 is 1.50 bits per heavy atom. The van der Waals surface area contributed by atoms with Crippen LogP contribution in [0.3, 0.4) is 0 Å². The topological polar surface area (TPSA) is 56.8 Å². The Kier molecular flexibility index (Phi) is 13.3. The third kappa shape index (κ3) is 10.3. The monoisotopic (exact) mass is 124 g/mol. The first kappa shape index (κ1) is 9.00. The summed E-state index contributed by atoms with van der Waals surface area (Å²) in [5, 5.41) is 14.7. The van der Waals surface area contributed by atoms with Crippen LogP contribution in [0.25, 0.3) is 0 Å². The van der Waals surface area contributed by atoms with Crippen LogP contribution in [0.5, 0.6) is 0 Å². The molecule has 0 atom stereocenters. The molecule has 0 N–H and O–H groups in total. The van der Waals surface area contributed by atoms with Crippen molar-refractivity contribution in [3.8, 4) is 12.5 Å². The fraction of sp³-hybridized carbons (Fsp3) is 0. The molecule has 0 heterocycles. The molecular formula is C2FeN2O. The van der Waals surface area contributed by atoms with E-state index in [0.717, 1.165) is 12.5 Å². The van der Waals surface area contributed by atoms with Crippen LogP contribution < -0.4 is 0 Å². The van der Waals surface area contributed by atoms with Gasteiger partial charge < -0.3 is 4.74 Å². The van der Waals surface area contributed by atoms with Gasteiger partial charge in [-0.1, -0.05) is 0 Å². The van der Waals surface area contributed by atoms with E-state index in [2.05, 4.69) is 4.74 Å². The minimum absolute atomic E-state index is 0. The van der Waals surface area contributed by atoms with E-state index in [0.29, 0.717) is 0 Å². The zero-order valence-corrected chi connectivity index (χ0v) is 3.76. The van der Waals surface area contributed by atoms with Crippen molar-refractivity contribution in [2.45, 2.75) is 0 Å². The zero-order chi connectivity index (χ0) is 4.12. The van der Waals surface area contributed by atoms with E-state index >= 15 is 0 Å². The number of hydrogen-bond acceptors (Lipinski definition) is 3. The van der Waals surface area contributed by atoms with E-state index < -0.39 is 0 Å². The first-order valence-corrected chi connectivity index (χ1v) is 0.855. The average Bonchev–Trinajstić information content (AvgIpc) is 1.41. The summed E-state index contributed by atoms with van der Waals surface area (Å²) in [5.41, 5.74) is 0. The van der Waals surface area contributed by atoms with Gasteiger partial charge in [0.2, 0.25) is 0 Å². The van der Waals surface area contributed by atoms with Crippen molar-refractivity contribution in [1.29, 1.82) is 10.5 Å². The minimum atomic E-state index is 0. The third-order valence-corrected chi connectivity index (χ3v) is 0.0913. The number of nitrogens with zero attached hydrogens (tertiary/aromatic N) is 2. The number of nitriles is 2. The summed E-state index contributed by atoms with van der Waals surface area (Å²) in [6.07, 6.45) is 2.31. The van der Waals surface area contributed by atoms with Crippen molar-refractivity contribution in [2.75, 3.05) is 0 Å². The molecule has 0 aliphatic carbocycles. The fourth-order valence-electron chi connectivity index (χ4n) is 0.0204. The smallest absolute Gasteiger partial charge is 0.303 e. The summed E-state index contributed by atoms with van der Waals surface area (Å²) in [6, 6.07) is 0. The van der Waals surface area contributed by atoms with Gasteiger partial charge in [0.1, 0.15) is 0 Å². The summed E-state index contributed by atoms with van der Waals surface area (Å²) < 4.78 is 3.44. The Morgan fingerprint density at radius 3 is 1.50 bits per heavy atom. The van der Waals surface area contributed by atoms with Crippen molar-refractivity contribution in [3.63, 3.8) is 0 Å². The minimum Gasteiger partial charge on any atom is -0.308 e. The van der Waals surface area contributed by atoms with Gasteiger partial charge in [-0.25, -0.2) is 0 Å². The molecule has 0 unspecified atom stereocenters. The summed E-state index contributed by atoms with van der Waals surface area (Å²) in [7, 11) is 0. The second kappa shape index (κ2) is 8.85. The van der Waals surface area contributed by atoms with Crippen LogP contribution in [0.1, 0.15) is 0 Å². The molecule has 3 nitrogen and oxygen atoms in total. The molecule has 0 radical (unpaired) electrons. The van der Waals surface area contributed by atoms with E-state index in [1.54, 1.807) is 0 Å².